The molecule has 190 valence electrons. The van der Waals surface area contributed by atoms with Gasteiger partial charge in [0.1, 0.15) is 12.0 Å². The molecule has 2 saturated heterocycles. The lowest BCUT2D eigenvalue weighted by Crippen LogP contribution is -2.37. The monoisotopic (exact) mass is 543 g/mol. The molecule has 0 bridgehead atoms. The summed E-state index contributed by atoms with van der Waals surface area (Å²) < 4.78 is 10.6. The fourth-order valence-corrected chi connectivity index (χ4v) is 4.98. The van der Waals surface area contributed by atoms with Gasteiger partial charge in [-0.05, 0) is 36.4 Å². The van der Waals surface area contributed by atoms with E-state index in [1.165, 1.54) is 49.6 Å². The van der Waals surface area contributed by atoms with Crippen LogP contribution in [0.1, 0.15) is 11.6 Å². The van der Waals surface area contributed by atoms with Gasteiger partial charge in [0.2, 0.25) is 5.91 Å². The second-order valence-electron chi connectivity index (χ2n) is 8.29. The summed E-state index contributed by atoms with van der Waals surface area (Å²) >= 11 is 12.1. The number of fused-ring (bicyclic) bond motifs is 1. The number of hydrogen-bond acceptors (Lipinski definition) is 8. The molecule has 0 N–H and O–H groups in total. The van der Waals surface area contributed by atoms with E-state index >= 15 is 0 Å². The Kier molecular flexibility index (Phi) is 6.40. The van der Waals surface area contributed by atoms with Crippen molar-refractivity contribution in [2.24, 2.45) is 5.92 Å². The molecule has 10 nitrogen and oxygen atoms in total. The zero-order valence-corrected chi connectivity index (χ0v) is 21.0. The third-order valence-electron chi connectivity index (χ3n) is 6.34. The molecule has 37 heavy (non-hydrogen) atoms. The average Bonchev–Trinajstić information content (AvgIpc) is 3.41. The van der Waals surface area contributed by atoms with Crippen molar-refractivity contribution in [3.63, 3.8) is 0 Å². The normalized spacial score (nSPS) is 20.8. The van der Waals surface area contributed by atoms with Gasteiger partial charge in [-0.25, -0.2) is 9.96 Å². The molecule has 3 atom stereocenters. The molecule has 0 spiro atoms. The number of hydroxylamine groups is 1. The number of benzene rings is 3. The third kappa shape index (κ3) is 4.03. The van der Waals surface area contributed by atoms with Crippen LogP contribution in [-0.4, -0.2) is 37.1 Å². The SMILES string of the molecule is COc1cc([C@@H]2[C@H]3C(=O)N(c4ccc(Cl)c(Cl)c4)C(=O)[C@@H]3ON2c2ccccc2)c([N+](=O)[O-])cc1OC. The molecule has 3 aromatic carbocycles. The number of nitro groups is 1. The van der Waals surface area contributed by atoms with Crippen LogP contribution in [0.4, 0.5) is 17.1 Å². The lowest BCUT2D eigenvalue weighted by molar-refractivity contribution is -0.385. The summed E-state index contributed by atoms with van der Waals surface area (Å²) in [7, 11) is 2.76. The number of amides is 2. The number of para-hydroxylation sites is 1. The van der Waals surface area contributed by atoms with Crippen LogP contribution in [0.5, 0.6) is 11.5 Å². The Balaban J connectivity index is 1.68. The summed E-state index contributed by atoms with van der Waals surface area (Å²) in [5.74, 6) is -1.97. The predicted molar refractivity (Wildman–Crippen MR) is 135 cm³/mol. The fourth-order valence-electron chi connectivity index (χ4n) is 4.69. The van der Waals surface area contributed by atoms with Crippen molar-refractivity contribution < 1.29 is 28.8 Å². The average molecular weight is 544 g/mol. The highest BCUT2D eigenvalue weighted by molar-refractivity contribution is 6.42. The highest BCUT2D eigenvalue weighted by Gasteiger charge is 2.61. The Morgan fingerprint density at radius 1 is 0.892 bits per heavy atom. The summed E-state index contributed by atoms with van der Waals surface area (Å²) in [5.41, 5.74) is 0.527. The molecular formula is C25H19Cl2N3O7. The van der Waals surface area contributed by atoms with Gasteiger partial charge in [-0.1, -0.05) is 41.4 Å². The molecule has 0 aliphatic carbocycles. The van der Waals surface area contributed by atoms with Gasteiger partial charge in [-0.3, -0.25) is 24.5 Å². The minimum absolute atomic E-state index is 0.121. The van der Waals surface area contributed by atoms with Crippen LogP contribution in [0.3, 0.4) is 0 Å². The van der Waals surface area contributed by atoms with Crippen molar-refractivity contribution in [2.45, 2.75) is 12.1 Å². The highest BCUT2D eigenvalue weighted by atomic mass is 35.5. The molecule has 2 fully saturated rings. The van der Waals surface area contributed by atoms with Gasteiger partial charge in [-0.2, -0.15) is 0 Å². The Morgan fingerprint density at radius 3 is 2.19 bits per heavy atom. The molecule has 2 amide bonds. The standard InChI is InChI=1S/C25H19Cl2N3O7/c1-35-19-11-15(18(30(33)34)12-20(19)36-2)22-21-23(37-29(22)13-6-4-3-5-7-13)25(32)28(24(21)31)14-8-9-16(26)17(27)10-14/h3-12,21-23H,1-2H3/t21-,22-,23-/m1/s1. The van der Waals surface area contributed by atoms with Crippen LogP contribution < -0.4 is 19.4 Å². The number of methoxy groups -OCH3 is 2. The van der Waals surface area contributed by atoms with Crippen molar-refractivity contribution in [3.05, 3.63) is 86.4 Å². The molecule has 0 unspecified atom stereocenters. The van der Waals surface area contributed by atoms with Crippen molar-refractivity contribution in [2.75, 3.05) is 24.2 Å². The van der Waals surface area contributed by atoms with Gasteiger partial charge < -0.3 is 9.47 Å². The van der Waals surface area contributed by atoms with E-state index in [9.17, 15) is 19.7 Å². The van der Waals surface area contributed by atoms with Crippen LogP contribution in [0, 0.1) is 16.0 Å². The molecule has 0 radical (unpaired) electrons. The van der Waals surface area contributed by atoms with E-state index < -0.39 is 34.8 Å². The van der Waals surface area contributed by atoms with Gasteiger partial charge in [-0.15, -0.1) is 0 Å². The van der Waals surface area contributed by atoms with Gasteiger partial charge >= 0.3 is 0 Å². The second-order valence-corrected chi connectivity index (χ2v) is 9.11. The molecule has 0 saturated carbocycles. The predicted octanol–water partition coefficient (Wildman–Crippen LogP) is 4.97. The van der Waals surface area contributed by atoms with Gasteiger partial charge in [0, 0.05) is 0 Å². The van der Waals surface area contributed by atoms with Crippen molar-refractivity contribution in [1.29, 1.82) is 0 Å². The maximum atomic E-state index is 13.8. The van der Waals surface area contributed by atoms with Crippen LogP contribution in [0.25, 0.3) is 0 Å². The Labute approximate surface area is 220 Å². The topological polar surface area (TPSA) is 111 Å². The van der Waals surface area contributed by atoms with Crippen LogP contribution >= 0.6 is 23.2 Å². The number of anilines is 2. The van der Waals surface area contributed by atoms with E-state index in [4.69, 9.17) is 37.5 Å². The first-order chi connectivity index (χ1) is 17.8. The fraction of sp³-hybridized carbons (Fsp3) is 0.200. The number of rotatable bonds is 6. The van der Waals surface area contributed by atoms with Crippen LogP contribution in [-0.2, 0) is 14.4 Å². The molecule has 3 aromatic rings. The summed E-state index contributed by atoms with van der Waals surface area (Å²) in [6, 6.07) is 14.7. The van der Waals surface area contributed by atoms with Gasteiger partial charge in [0.15, 0.2) is 17.6 Å². The van der Waals surface area contributed by atoms with E-state index in [0.29, 0.717) is 5.69 Å². The first-order valence-corrected chi connectivity index (χ1v) is 11.8. The second kappa shape index (κ2) is 9.55. The number of imide groups is 1. The van der Waals surface area contributed by atoms with E-state index in [0.717, 1.165) is 4.90 Å². The van der Waals surface area contributed by atoms with Gasteiger partial charge in [0.25, 0.3) is 11.6 Å². The summed E-state index contributed by atoms with van der Waals surface area (Å²) in [4.78, 5) is 45.9. The lowest BCUT2D eigenvalue weighted by Gasteiger charge is -2.29. The summed E-state index contributed by atoms with van der Waals surface area (Å²) in [6.45, 7) is 0. The van der Waals surface area contributed by atoms with Crippen LogP contribution in [0.15, 0.2) is 60.7 Å². The molecule has 0 aromatic heterocycles. The summed E-state index contributed by atoms with van der Waals surface area (Å²) in [6.07, 6.45) is -1.24. The number of halogens is 2. The smallest absolute Gasteiger partial charge is 0.278 e. The molecular weight excluding hydrogens is 525 g/mol. The zero-order valence-electron chi connectivity index (χ0n) is 19.5. The molecule has 12 heteroatoms. The number of nitro benzene ring substituents is 1. The van der Waals surface area contributed by atoms with E-state index in [-0.39, 0.29) is 38.5 Å². The van der Waals surface area contributed by atoms with E-state index in [1.54, 1.807) is 30.3 Å². The molecule has 2 aliphatic heterocycles. The van der Waals surface area contributed by atoms with Crippen LogP contribution in [0.2, 0.25) is 10.0 Å². The summed E-state index contributed by atoms with van der Waals surface area (Å²) in [5, 5.41) is 13.9. The first-order valence-electron chi connectivity index (χ1n) is 11.0. The maximum Gasteiger partial charge on any atom is 0.278 e. The quantitative estimate of drug-likeness (QED) is 0.243. The number of hydrogen-bond donors (Lipinski definition) is 0. The zero-order chi connectivity index (χ0) is 26.4. The Bertz CT molecular complexity index is 1420. The van der Waals surface area contributed by atoms with Crippen molar-refractivity contribution in [1.82, 2.24) is 0 Å². The van der Waals surface area contributed by atoms with Crippen molar-refractivity contribution >= 4 is 52.1 Å². The third-order valence-corrected chi connectivity index (χ3v) is 7.07. The molecule has 2 aliphatic rings. The van der Waals surface area contributed by atoms with E-state index in [2.05, 4.69) is 0 Å². The maximum absolute atomic E-state index is 13.8. The lowest BCUT2D eigenvalue weighted by atomic mass is 9.89. The van der Waals surface area contributed by atoms with Gasteiger partial charge in [0.05, 0.1) is 52.2 Å². The number of carbonyl (C=O) groups is 2. The largest absolute Gasteiger partial charge is 0.493 e. The number of nitrogens with zero attached hydrogens (tertiary/aromatic N) is 3. The Hall–Kier alpha value is -3.86. The molecule has 2 heterocycles. The molecule has 5 rings (SSSR count). The Morgan fingerprint density at radius 2 is 1.57 bits per heavy atom. The number of ether oxygens (including phenoxy) is 2. The minimum Gasteiger partial charge on any atom is -0.493 e. The number of carbonyl (C=O) groups excluding carboxylic acids is 2. The van der Waals surface area contributed by atoms with E-state index in [1.807, 2.05) is 0 Å². The van der Waals surface area contributed by atoms with Crippen molar-refractivity contribution in [3.8, 4) is 11.5 Å². The highest BCUT2D eigenvalue weighted by Crippen LogP contribution is 2.51. The first kappa shape index (κ1) is 24.8. The minimum atomic E-state index is -1.24.